The summed E-state index contributed by atoms with van der Waals surface area (Å²) >= 11 is 5.84. The lowest BCUT2D eigenvalue weighted by Gasteiger charge is -2.14. The van der Waals surface area contributed by atoms with E-state index < -0.39 is 0 Å². The van der Waals surface area contributed by atoms with Crippen LogP contribution in [0.2, 0.25) is 0 Å². The number of halogens is 1. The van der Waals surface area contributed by atoms with Crippen LogP contribution in [0.1, 0.15) is 19.2 Å². The van der Waals surface area contributed by atoms with Gasteiger partial charge in [-0.3, -0.25) is 4.40 Å². The molecule has 0 bridgehead atoms. The Morgan fingerprint density at radius 1 is 1.50 bits per heavy atom. The van der Waals surface area contributed by atoms with Crippen LogP contribution in [0.25, 0.3) is 5.65 Å². The molecule has 0 amide bonds. The topological polar surface area (TPSA) is 55.1 Å². The molecule has 86 valence electrons. The van der Waals surface area contributed by atoms with Crippen LogP contribution in [0, 0.1) is 6.92 Å². The number of nitrogens with zero attached hydrogens (tertiary/aromatic N) is 4. The Kier molecular flexibility index (Phi) is 3.24. The SMILES string of the molecule is CCC(CCl)Nc1nccn2c(C)nnc12. The third-order valence-electron chi connectivity index (χ3n) is 2.52. The second kappa shape index (κ2) is 4.65. The normalized spacial score (nSPS) is 12.9. The summed E-state index contributed by atoms with van der Waals surface area (Å²) in [5.41, 5.74) is 0.739. The van der Waals surface area contributed by atoms with Crippen molar-refractivity contribution in [2.75, 3.05) is 11.2 Å². The van der Waals surface area contributed by atoms with E-state index in [2.05, 4.69) is 27.4 Å². The van der Waals surface area contributed by atoms with E-state index in [0.717, 1.165) is 23.7 Å². The molecule has 0 saturated carbocycles. The summed E-state index contributed by atoms with van der Waals surface area (Å²) in [5, 5.41) is 11.4. The van der Waals surface area contributed by atoms with Gasteiger partial charge >= 0.3 is 0 Å². The summed E-state index contributed by atoms with van der Waals surface area (Å²) in [6.45, 7) is 3.98. The van der Waals surface area contributed by atoms with Gasteiger partial charge in [0.05, 0.1) is 0 Å². The lowest BCUT2D eigenvalue weighted by Crippen LogP contribution is -2.21. The molecule has 0 saturated heterocycles. The highest BCUT2D eigenvalue weighted by molar-refractivity contribution is 6.18. The first kappa shape index (κ1) is 11.1. The maximum Gasteiger partial charge on any atom is 0.203 e. The molecule has 0 aliphatic rings. The zero-order chi connectivity index (χ0) is 11.5. The van der Waals surface area contributed by atoms with E-state index in [1.807, 2.05) is 17.5 Å². The molecular weight excluding hydrogens is 226 g/mol. The number of fused-ring (bicyclic) bond motifs is 1. The summed E-state index contributed by atoms with van der Waals surface area (Å²) in [6, 6.07) is 0.206. The van der Waals surface area contributed by atoms with Crippen LogP contribution < -0.4 is 5.32 Å². The number of rotatable bonds is 4. The molecule has 0 aliphatic carbocycles. The lowest BCUT2D eigenvalue weighted by molar-refractivity contribution is 0.765. The highest BCUT2D eigenvalue weighted by Crippen LogP contribution is 2.14. The van der Waals surface area contributed by atoms with E-state index >= 15 is 0 Å². The molecule has 2 aromatic rings. The predicted molar refractivity (Wildman–Crippen MR) is 63.9 cm³/mol. The number of aromatic nitrogens is 4. The summed E-state index contributed by atoms with van der Waals surface area (Å²) < 4.78 is 1.90. The number of anilines is 1. The third-order valence-corrected chi connectivity index (χ3v) is 2.89. The molecule has 6 heteroatoms. The Morgan fingerprint density at radius 3 is 3.00 bits per heavy atom. The average Bonchev–Trinajstić information content (AvgIpc) is 2.69. The lowest BCUT2D eigenvalue weighted by atomic mass is 10.2. The largest absolute Gasteiger partial charge is 0.363 e. The molecule has 1 unspecified atom stereocenters. The minimum absolute atomic E-state index is 0.206. The van der Waals surface area contributed by atoms with Gasteiger partial charge < -0.3 is 5.32 Å². The van der Waals surface area contributed by atoms with Gasteiger partial charge in [-0.25, -0.2) is 4.98 Å². The van der Waals surface area contributed by atoms with Gasteiger partial charge in [-0.15, -0.1) is 21.8 Å². The average molecular weight is 240 g/mol. The van der Waals surface area contributed by atoms with Crippen molar-refractivity contribution in [1.82, 2.24) is 19.6 Å². The van der Waals surface area contributed by atoms with Crippen LogP contribution in [-0.2, 0) is 0 Å². The van der Waals surface area contributed by atoms with Crippen molar-refractivity contribution >= 4 is 23.1 Å². The number of aryl methyl sites for hydroxylation is 1. The van der Waals surface area contributed by atoms with Crippen LogP contribution in [-0.4, -0.2) is 31.5 Å². The zero-order valence-electron chi connectivity index (χ0n) is 9.31. The Labute approximate surface area is 98.9 Å². The standard InChI is InChI=1S/C10H14ClN5/c1-3-8(6-11)13-9-10-15-14-7(2)16(10)5-4-12-9/h4-5,8H,3,6H2,1-2H3,(H,12,13). The van der Waals surface area contributed by atoms with E-state index in [1.54, 1.807) is 6.20 Å². The molecule has 2 heterocycles. The van der Waals surface area contributed by atoms with Crippen LogP contribution in [0.3, 0.4) is 0 Å². The predicted octanol–water partition coefficient (Wildman–Crippen LogP) is 1.86. The summed E-state index contributed by atoms with van der Waals surface area (Å²) in [7, 11) is 0. The molecule has 16 heavy (non-hydrogen) atoms. The second-order valence-corrected chi connectivity index (χ2v) is 3.93. The minimum atomic E-state index is 0.206. The molecular formula is C10H14ClN5. The van der Waals surface area contributed by atoms with Crippen LogP contribution >= 0.6 is 11.6 Å². The van der Waals surface area contributed by atoms with Crippen molar-refractivity contribution in [2.24, 2.45) is 0 Å². The molecule has 0 spiro atoms. The van der Waals surface area contributed by atoms with E-state index in [9.17, 15) is 0 Å². The fourth-order valence-corrected chi connectivity index (χ4v) is 1.78. The van der Waals surface area contributed by atoms with Gasteiger partial charge in [0.15, 0.2) is 5.82 Å². The Hall–Kier alpha value is -1.36. The number of nitrogens with one attached hydrogen (secondary N) is 1. The van der Waals surface area contributed by atoms with Gasteiger partial charge in [0.2, 0.25) is 5.65 Å². The van der Waals surface area contributed by atoms with E-state index in [-0.39, 0.29) is 6.04 Å². The highest BCUT2D eigenvalue weighted by atomic mass is 35.5. The van der Waals surface area contributed by atoms with Crippen LogP contribution in [0.4, 0.5) is 5.82 Å². The summed E-state index contributed by atoms with van der Waals surface area (Å²) in [4.78, 5) is 4.26. The summed E-state index contributed by atoms with van der Waals surface area (Å²) in [5.74, 6) is 2.13. The van der Waals surface area contributed by atoms with Crippen molar-refractivity contribution in [3.05, 3.63) is 18.2 Å². The minimum Gasteiger partial charge on any atom is -0.363 e. The second-order valence-electron chi connectivity index (χ2n) is 3.62. The Morgan fingerprint density at radius 2 is 2.31 bits per heavy atom. The molecule has 0 radical (unpaired) electrons. The molecule has 0 fully saturated rings. The first-order valence-corrected chi connectivity index (χ1v) is 5.78. The van der Waals surface area contributed by atoms with E-state index in [1.165, 1.54) is 0 Å². The number of hydrogen-bond donors (Lipinski definition) is 1. The van der Waals surface area contributed by atoms with Gasteiger partial charge in [0.25, 0.3) is 0 Å². The maximum absolute atomic E-state index is 5.84. The molecule has 2 aromatic heterocycles. The highest BCUT2D eigenvalue weighted by Gasteiger charge is 2.11. The molecule has 2 rings (SSSR count). The number of hydrogen-bond acceptors (Lipinski definition) is 4. The maximum atomic E-state index is 5.84. The molecule has 0 aromatic carbocycles. The quantitative estimate of drug-likeness (QED) is 0.828. The van der Waals surface area contributed by atoms with Gasteiger partial charge in [-0.1, -0.05) is 6.92 Å². The fraction of sp³-hybridized carbons (Fsp3) is 0.500. The smallest absolute Gasteiger partial charge is 0.203 e. The van der Waals surface area contributed by atoms with Gasteiger partial charge in [-0.05, 0) is 13.3 Å². The Bertz CT molecular complexity index is 477. The van der Waals surface area contributed by atoms with Gasteiger partial charge in [0.1, 0.15) is 5.82 Å². The molecule has 0 aliphatic heterocycles. The fourth-order valence-electron chi connectivity index (χ4n) is 1.49. The first-order valence-electron chi connectivity index (χ1n) is 5.25. The Balaban J connectivity index is 2.37. The third kappa shape index (κ3) is 1.95. The van der Waals surface area contributed by atoms with Crippen molar-refractivity contribution in [2.45, 2.75) is 26.3 Å². The van der Waals surface area contributed by atoms with Crippen molar-refractivity contribution < 1.29 is 0 Å². The molecule has 1 atom stereocenters. The van der Waals surface area contributed by atoms with Crippen molar-refractivity contribution in [3.63, 3.8) is 0 Å². The van der Waals surface area contributed by atoms with Crippen molar-refractivity contribution in [3.8, 4) is 0 Å². The van der Waals surface area contributed by atoms with Gasteiger partial charge in [0, 0.05) is 24.3 Å². The van der Waals surface area contributed by atoms with Crippen LogP contribution in [0.15, 0.2) is 12.4 Å². The van der Waals surface area contributed by atoms with Crippen LogP contribution in [0.5, 0.6) is 0 Å². The van der Waals surface area contributed by atoms with Crippen molar-refractivity contribution in [1.29, 1.82) is 0 Å². The van der Waals surface area contributed by atoms with Gasteiger partial charge in [-0.2, -0.15) is 0 Å². The van der Waals surface area contributed by atoms with E-state index in [0.29, 0.717) is 5.88 Å². The summed E-state index contributed by atoms with van der Waals surface area (Å²) in [6.07, 6.45) is 4.52. The molecule has 5 nitrogen and oxygen atoms in total. The monoisotopic (exact) mass is 239 g/mol. The molecule has 1 N–H and O–H groups in total. The first-order chi connectivity index (χ1) is 7.76. The zero-order valence-corrected chi connectivity index (χ0v) is 10.1. The van der Waals surface area contributed by atoms with E-state index in [4.69, 9.17) is 11.6 Å². The number of alkyl halides is 1.